The van der Waals surface area contributed by atoms with E-state index in [1.54, 1.807) is 0 Å². The molecular weight excluding hydrogens is 316 g/mol. The third kappa shape index (κ3) is 3.99. The largest absolute Gasteiger partial charge is 0.494 e. The Balaban J connectivity index is 2.15. The van der Waals surface area contributed by atoms with Gasteiger partial charge in [0.2, 0.25) is 0 Å². The van der Waals surface area contributed by atoms with E-state index >= 15 is 0 Å². The third-order valence-corrected chi connectivity index (χ3v) is 3.52. The van der Waals surface area contributed by atoms with Gasteiger partial charge in [0.1, 0.15) is 5.75 Å². The Bertz CT molecular complexity index is 542. The van der Waals surface area contributed by atoms with E-state index in [1.807, 2.05) is 49.4 Å². The second-order valence-corrected chi connectivity index (χ2v) is 5.36. The highest BCUT2D eigenvalue weighted by Crippen LogP contribution is 2.23. The minimum absolute atomic E-state index is 0.0663. The summed E-state index contributed by atoms with van der Waals surface area (Å²) in [5, 5.41) is 3.44. The molecule has 0 aliphatic rings. The van der Waals surface area contributed by atoms with Crippen molar-refractivity contribution in [3.63, 3.8) is 0 Å². The Kier molecular flexibility index (Phi) is 5.44. The minimum Gasteiger partial charge on any atom is -0.494 e. The SMILES string of the molecule is CCOc1cccc(C(CN)Nc2ccc(Br)cc2)c1. The van der Waals surface area contributed by atoms with Crippen LogP contribution < -0.4 is 15.8 Å². The summed E-state index contributed by atoms with van der Waals surface area (Å²) >= 11 is 3.43. The summed E-state index contributed by atoms with van der Waals surface area (Å²) < 4.78 is 6.59. The molecule has 0 saturated carbocycles. The van der Waals surface area contributed by atoms with Crippen LogP contribution in [0, 0.1) is 0 Å². The maximum Gasteiger partial charge on any atom is 0.119 e. The molecule has 3 N–H and O–H groups in total. The molecule has 0 heterocycles. The highest BCUT2D eigenvalue weighted by atomic mass is 79.9. The molecule has 2 aromatic rings. The van der Waals surface area contributed by atoms with Crippen molar-refractivity contribution in [2.45, 2.75) is 13.0 Å². The monoisotopic (exact) mass is 334 g/mol. The van der Waals surface area contributed by atoms with Crippen LogP contribution in [0.25, 0.3) is 0 Å². The molecule has 0 amide bonds. The molecule has 0 spiro atoms. The fraction of sp³-hybridized carbons (Fsp3) is 0.250. The molecule has 106 valence electrons. The van der Waals surface area contributed by atoms with Gasteiger partial charge in [0.25, 0.3) is 0 Å². The molecule has 0 aliphatic heterocycles. The van der Waals surface area contributed by atoms with Gasteiger partial charge in [-0.05, 0) is 48.9 Å². The molecule has 1 atom stereocenters. The van der Waals surface area contributed by atoms with Crippen molar-refractivity contribution >= 4 is 21.6 Å². The number of halogens is 1. The maximum atomic E-state index is 5.89. The fourth-order valence-corrected chi connectivity index (χ4v) is 2.28. The molecular formula is C16H19BrN2O. The van der Waals surface area contributed by atoms with Crippen LogP contribution in [0.2, 0.25) is 0 Å². The van der Waals surface area contributed by atoms with Crippen molar-refractivity contribution < 1.29 is 4.74 Å². The minimum atomic E-state index is 0.0663. The zero-order chi connectivity index (χ0) is 14.4. The van der Waals surface area contributed by atoms with E-state index in [1.165, 1.54) is 0 Å². The Morgan fingerprint density at radius 3 is 2.60 bits per heavy atom. The van der Waals surface area contributed by atoms with Crippen molar-refractivity contribution in [1.82, 2.24) is 0 Å². The number of benzene rings is 2. The topological polar surface area (TPSA) is 47.3 Å². The Hall–Kier alpha value is -1.52. The molecule has 0 aliphatic carbocycles. The molecule has 2 rings (SSSR count). The zero-order valence-corrected chi connectivity index (χ0v) is 13.1. The smallest absolute Gasteiger partial charge is 0.119 e. The number of rotatable bonds is 6. The van der Waals surface area contributed by atoms with E-state index in [4.69, 9.17) is 10.5 Å². The predicted molar refractivity (Wildman–Crippen MR) is 87.2 cm³/mol. The van der Waals surface area contributed by atoms with E-state index in [0.717, 1.165) is 21.5 Å². The molecule has 20 heavy (non-hydrogen) atoms. The van der Waals surface area contributed by atoms with Crippen molar-refractivity contribution in [1.29, 1.82) is 0 Å². The van der Waals surface area contributed by atoms with Gasteiger partial charge in [-0.3, -0.25) is 0 Å². The molecule has 0 radical (unpaired) electrons. The highest BCUT2D eigenvalue weighted by molar-refractivity contribution is 9.10. The van der Waals surface area contributed by atoms with Crippen LogP contribution in [0.4, 0.5) is 5.69 Å². The fourth-order valence-electron chi connectivity index (χ4n) is 2.01. The summed E-state index contributed by atoms with van der Waals surface area (Å²) in [4.78, 5) is 0. The van der Waals surface area contributed by atoms with Gasteiger partial charge in [0.05, 0.1) is 12.6 Å². The lowest BCUT2D eigenvalue weighted by molar-refractivity contribution is 0.339. The van der Waals surface area contributed by atoms with Crippen LogP contribution in [-0.2, 0) is 0 Å². The van der Waals surface area contributed by atoms with Crippen LogP contribution in [0.1, 0.15) is 18.5 Å². The number of hydrogen-bond acceptors (Lipinski definition) is 3. The molecule has 0 bridgehead atoms. The summed E-state index contributed by atoms with van der Waals surface area (Å²) in [5.41, 5.74) is 8.07. The standard InChI is InChI=1S/C16H19BrN2O/c1-2-20-15-5-3-4-12(10-15)16(11-18)19-14-8-6-13(17)7-9-14/h3-10,16,19H,2,11,18H2,1H3. The first-order chi connectivity index (χ1) is 9.72. The Morgan fingerprint density at radius 2 is 1.95 bits per heavy atom. The van der Waals surface area contributed by atoms with Crippen LogP contribution in [0.3, 0.4) is 0 Å². The average molecular weight is 335 g/mol. The lowest BCUT2D eigenvalue weighted by Crippen LogP contribution is -2.20. The number of ether oxygens (including phenoxy) is 1. The molecule has 4 heteroatoms. The number of hydrogen-bond donors (Lipinski definition) is 2. The normalized spacial score (nSPS) is 11.9. The third-order valence-electron chi connectivity index (χ3n) is 2.99. The first-order valence-corrected chi connectivity index (χ1v) is 7.47. The van der Waals surface area contributed by atoms with Gasteiger partial charge in [-0.25, -0.2) is 0 Å². The van der Waals surface area contributed by atoms with Crippen LogP contribution in [0.5, 0.6) is 5.75 Å². The molecule has 3 nitrogen and oxygen atoms in total. The maximum absolute atomic E-state index is 5.89. The van der Waals surface area contributed by atoms with Crippen molar-refractivity contribution in [2.75, 3.05) is 18.5 Å². The molecule has 2 aromatic carbocycles. The summed E-state index contributed by atoms with van der Waals surface area (Å²) in [5.74, 6) is 0.876. The van der Waals surface area contributed by atoms with Gasteiger partial charge in [-0.2, -0.15) is 0 Å². The number of nitrogens with two attached hydrogens (primary N) is 1. The first-order valence-electron chi connectivity index (χ1n) is 6.68. The zero-order valence-electron chi connectivity index (χ0n) is 11.5. The van der Waals surface area contributed by atoms with Crippen molar-refractivity contribution in [3.05, 3.63) is 58.6 Å². The summed E-state index contributed by atoms with van der Waals surface area (Å²) in [6.07, 6.45) is 0. The lowest BCUT2D eigenvalue weighted by atomic mass is 10.1. The molecule has 0 fully saturated rings. The van der Waals surface area contributed by atoms with Crippen molar-refractivity contribution in [2.24, 2.45) is 5.73 Å². The summed E-state index contributed by atoms with van der Waals surface area (Å²) in [7, 11) is 0. The van der Waals surface area contributed by atoms with Gasteiger partial charge >= 0.3 is 0 Å². The molecule has 0 aromatic heterocycles. The average Bonchev–Trinajstić information content (AvgIpc) is 2.47. The van der Waals surface area contributed by atoms with Crippen LogP contribution >= 0.6 is 15.9 Å². The van der Waals surface area contributed by atoms with E-state index in [9.17, 15) is 0 Å². The van der Waals surface area contributed by atoms with E-state index in [0.29, 0.717) is 13.2 Å². The van der Waals surface area contributed by atoms with Gasteiger partial charge in [-0.1, -0.05) is 28.1 Å². The van der Waals surface area contributed by atoms with Gasteiger partial charge in [-0.15, -0.1) is 0 Å². The van der Waals surface area contributed by atoms with Gasteiger partial charge < -0.3 is 15.8 Å². The molecule has 1 unspecified atom stereocenters. The summed E-state index contributed by atoms with van der Waals surface area (Å²) in [6.45, 7) is 3.16. The van der Waals surface area contributed by atoms with E-state index < -0.39 is 0 Å². The number of nitrogens with one attached hydrogen (secondary N) is 1. The second kappa shape index (κ2) is 7.31. The van der Waals surface area contributed by atoms with Crippen LogP contribution in [0.15, 0.2) is 53.0 Å². The van der Waals surface area contributed by atoms with Gasteiger partial charge in [0, 0.05) is 16.7 Å². The highest BCUT2D eigenvalue weighted by Gasteiger charge is 2.10. The van der Waals surface area contributed by atoms with E-state index in [2.05, 4.69) is 27.3 Å². The first kappa shape index (κ1) is 14.9. The molecule has 0 saturated heterocycles. The quantitative estimate of drug-likeness (QED) is 0.840. The predicted octanol–water partition coefficient (Wildman–Crippen LogP) is 3.96. The van der Waals surface area contributed by atoms with Gasteiger partial charge in [0.15, 0.2) is 0 Å². The lowest BCUT2D eigenvalue weighted by Gasteiger charge is -2.19. The Morgan fingerprint density at radius 1 is 1.20 bits per heavy atom. The second-order valence-electron chi connectivity index (χ2n) is 4.45. The summed E-state index contributed by atoms with van der Waals surface area (Å²) in [6, 6.07) is 16.2. The van der Waals surface area contributed by atoms with E-state index in [-0.39, 0.29) is 6.04 Å². The van der Waals surface area contributed by atoms with Crippen LogP contribution in [-0.4, -0.2) is 13.2 Å². The van der Waals surface area contributed by atoms with Crippen molar-refractivity contribution in [3.8, 4) is 5.75 Å². The Labute approximate surface area is 128 Å². The number of anilines is 1.